The molecule has 7 nitrogen and oxygen atoms in total. The van der Waals surface area contributed by atoms with Gasteiger partial charge in [-0.05, 0) is 77.6 Å². The molecule has 1 spiro atoms. The number of rotatable bonds is 8. The molecule has 1 atom stereocenters. The van der Waals surface area contributed by atoms with Crippen LogP contribution in [0.2, 0.25) is 0 Å². The molecule has 0 saturated carbocycles. The first-order valence-electron chi connectivity index (χ1n) is 18.7. The van der Waals surface area contributed by atoms with E-state index >= 15 is 0 Å². The molecule has 1 aromatic heterocycles. The Morgan fingerprint density at radius 2 is 1.27 bits per heavy atom. The maximum atomic E-state index is 14.4. The van der Waals surface area contributed by atoms with Gasteiger partial charge in [-0.3, -0.25) is 4.79 Å². The molecule has 7 aromatic rings. The van der Waals surface area contributed by atoms with Crippen LogP contribution in [0.1, 0.15) is 35.1 Å². The Morgan fingerprint density at radius 1 is 0.709 bits per heavy atom. The molecule has 3 heterocycles. The number of fused-ring (bicyclic) bond motifs is 1. The van der Waals surface area contributed by atoms with Crippen molar-refractivity contribution < 1.29 is 18.7 Å². The fourth-order valence-corrected chi connectivity index (χ4v) is 8.54. The number of hydrogen-bond donors (Lipinski definition) is 0. The fraction of sp³-hybridized carbons (Fsp3) is 0.170. The van der Waals surface area contributed by atoms with E-state index in [1.54, 1.807) is 17.0 Å². The van der Waals surface area contributed by atoms with Gasteiger partial charge in [0.15, 0.2) is 0 Å². The van der Waals surface area contributed by atoms with E-state index < -0.39 is 17.0 Å². The first kappa shape index (κ1) is 34.2. The van der Waals surface area contributed by atoms with E-state index in [0.29, 0.717) is 38.2 Å². The van der Waals surface area contributed by atoms with Crippen molar-refractivity contribution in [1.82, 2.24) is 14.7 Å². The Hall–Kier alpha value is -6.54. The Bertz CT molecular complexity index is 2380. The summed E-state index contributed by atoms with van der Waals surface area (Å²) < 4.78 is 22.0. The summed E-state index contributed by atoms with van der Waals surface area (Å²) in [6, 6.07) is 53.2. The number of amides is 2. The second-order valence-electron chi connectivity index (χ2n) is 14.5. The fourth-order valence-electron chi connectivity index (χ4n) is 8.54. The van der Waals surface area contributed by atoms with Gasteiger partial charge < -0.3 is 14.5 Å². The highest BCUT2D eigenvalue weighted by Crippen LogP contribution is 2.46. The number of ether oxygens (including phenoxy) is 1. The van der Waals surface area contributed by atoms with Gasteiger partial charge in [0.05, 0.1) is 10.9 Å². The lowest BCUT2D eigenvalue weighted by Crippen LogP contribution is -2.39. The first-order chi connectivity index (χ1) is 27.0. The number of benzene rings is 6. The van der Waals surface area contributed by atoms with E-state index in [0.717, 1.165) is 44.4 Å². The quantitative estimate of drug-likeness (QED) is 0.146. The highest BCUT2D eigenvalue weighted by Gasteiger charge is 2.52. The van der Waals surface area contributed by atoms with Crippen molar-refractivity contribution in [1.29, 1.82) is 0 Å². The van der Waals surface area contributed by atoms with Gasteiger partial charge in [-0.25, -0.2) is 13.9 Å². The van der Waals surface area contributed by atoms with Gasteiger partial charge in [0.2, 0.25) is 5.91 Å². The molecule has 2 aliphatic rings. The van der Waals surface area contributed by atoms with Gasteiger partial charge in [-0.2, -0.15) is 5.10 Å². The van der Waals surface area contributed by atoms with Gasteiger partial charge >= 0.3 is 6.09 Å². The molecule has 0 aliphatic carbocycles. The Kier molecular flexibility index (Phi) is 8.73. The van der Waals surface area contributed by atoms with Crippen molar-refractivity contribution in [2.24, 2.45) is 5.41 Å². The number of halogens is 1. The molecule has 2 fully saturated rings. The molecule has 2 aliphatic heterocycles. The van der Waals surface area contributed by atoms with Crippen LogP contribution in [-0.2, 0) is 21.7 Å². The van der Waals surface area contributed by atoms with E-state index in [-0.39, 0.29) is 18.3 Å². The number of aromatic nitrogens is 2. The van der Waals surface area contributed by atoms with Crippen LogP contribution in [0.25, 0.3) is 22.2 Å². The normalized spacial score (nSPS) is 17.0. The summed E-state index contributed by atoms with van der Waals surface area (Å²) in [6.45, 7) is 1.51. The Balaban J connectivity index is 1.14. The van der Waals surface area contributed by atoms with Crippen molar-refractivity contribution in [3.8, 4) is 11.3 Å². The number of carbonyl (C=O) groups is 2. The molecular weight excluding hydrogens is 688 g/mol. The number of nitrogens with zero attached hydrogens (tertiary/aromatic N) is 4. The van der Waals surface area contributed by atoms with Gasteiger partial charge in [0.1, 0.15) is 23.7 Å². The van der Waals surface area contributed by atoms with Crippen LogP contribution in [0.5, 0.6) is 0 Å². The lowest BCUT2D eigenvalue weighted by molar-refractivity contribution is -0.124. The molecule has 272 valence electrons. The highest BCUT2D eigenvalue weighted by molar-refractivity contribution is 6.04. The lowest BCUT2D eigenvalue weighted by Gasteiger charge is -2.37. The maximum Gasteiger partial charge on any atom is 0.410 e. The van der Waals surface area contributed by atoms with Crippen molar-refractivity contribution in [2.45, 2.75) is 25.0 Å². The molecule has 55 heavy (non-hydrogen) atoms. The second-order valence-corrected chi connectivity index (χ2v) is 14.5. The number of carbonyl (C=O) groups excluding carboxylic acids is 2. The predicted molar refractivity (Wildman–Crippen MR) is 212 cm³/mol. The van der Waals surface area contributed by atoms with E-state index in [2.05, 4.69) is 47.1 Å². The lowest BCUT2D eigenvalue weighted by atomic mass is 9.77. The average molecular weight is 727 g/mol. The van der Waals surface area contributed by atoms with Gasteiger partial charge in [0, 0.05) is 36.3 Å². The van der Waals surface area contributed by atoms with Crippen LogP contribution >= 0.6 is 0 Å². The topological polar surface area (TPSA) is 67.7 Å². The summed E-state index contributed by atoms with van der Waals surface area (Å²) in [6.07, 6.45) is 0.816. The largest absolute Gasteiger partial charge is 0.445 e. The smallest absolute Gasteiger partial charge is 0.410 e. The molecular formula is C47H39FN4O3. The zero-order valence-corrected chi connectivity index (χ0v) is 30.2. The van der Waals surface area contributed by atoms with E-state index in [4.69, 9.17) is 9.84 Å². The van der Waals surface area contributed by atoms with Crippen molar-refractivity contribution >= 4 is 28.6 Å². The van der Waals surface area contributed by atoms with Crippen molar-refractivity contribution in [2.75, 3.05) is 24.5 Å². The van der Waals surface area contributed by atoms with Crippen molar-refractivity contribution in [3.63, 3.8) is 0 Å². The first-order valence-corrected chi connectivity index (χ1v) is 18.7. The summed E-state index contributed by atoms with van der Waals surface area (Å²) in [7, 11) is 0. The third-order valence-electron chi connectivity index (χ3n) is 11.3. The minimum atomic E-state index is -0.891. The van der Waals surface area contributed by atoms with E-state index in [1.807, 2.05) is 102 Å². The average Bonchev–Trinajstić information content (AvgIpc) is 3.95. The maximum absolute atomic E-state index is 14.4. The Labute approximate surface area is 319 Å². The second kappa shape index (κ2) is 14.0. The Morgan fingerprint density at radius 3 is 1.87 bits per heavy atom. The third kappa shape index (κ3) is 5.94. The standard InChI is InChI=1S/C47H39FN4O3/c48-39-23-21-35(22-24-39)43-41-31-40(51-30-28-46(44(51)53)27-29-50(33-46)45(54)55-32-34-13-5-1-6-14-34)25-26-42(41)52(49-43)47(36-15-7-2-8-16-36,37-17-9-3-10-18-37)38-19-11-4-12-20-38/h1-26,31H,27-30,32-33H2. The summed E-state index contributed by atoms with van der Waals surface area (Å²) in [5.74, 6) is -0.323. The summed E-state index contributed by atoms with van der Waals surface area (Å²) >= 11 is 0. The predicted octanol–water partition coefficient (Wildman–Crippen LogP) is 9.45. The summed E-state index contributed by atoms with van der Waals surface area (Å²) in [5.41, 5.74) is 5.48. The van der Waals surface area contributed by atoms with Crippen LogP contribution in [-0.4, -0.2) is 46.3 Å². The monoisotopic (exact) mass is 726 g/mol. The van der Waals surface area contributed by atoms with Crippen LogP contribution in [0.3, 0.4) is 0 Å². The van der Waals surface area contributed by atoms with Crippen LogP contribution in [0, 0.1) is 11.2 Å². The molecule has 6 aromatic carbocycles. The summed E-state index contributed by atoms with van der Waals surface area (Å²) in [4.78, 5) is 31.0. The zero-order valence-electron chi connectivity index (χ0n) is 30.2. The molecule has 0 N–H and O–H groups in total. The molecule has 0 bridgehead atoms. The number of anilines is 1. The van der Waals surface area contributed by atoms with Gasteiger partial charge in [0.25, 0.3) is 0 Å². The van der Waals surface area contributed by atoms with E-state index in [9.17, 15) is 14.0 Å². The number of hydrogen-bond acceptors (Lipinski definition) is 4. The molecule has 2 saturated heterocycles. The third-order valence-corrected chi connectivity index (χ3v) is 11.3. The van der Waals surface area contributed by atoms with E-state index in [1.165, 1.54) is 12.1 Å². The van der Waals surface area contributed by atoms with Crippen LogP contribution in [0.4, 0.5) is 14.9 Å². The molecule has 0 radical (unpaired) electrons. The summed E-state index contributed by atoms with van der Waals surface area (Å²) in [5, 5.41) is 6.29. The van der Waals surface area contributed by atoms with Crippen LogP contribution in [0.15, 0.2) is 164 Å². The zero-order chi connectivity index (χ0) is 37.4. The van der Waals surface area contributed by atoms with Gasteiger partial charge in [-0.1, -0.05) is 121 Å². The minimum absolute atomic E-state index is 0.00753. The highest BCUT2D eigenvalue weighted by atomic mass is 19.1. The van der Waals surface area contributed by atoms with Gasteiger partial charge in [-0.15, -0.1) is 0 Å². The molecule has 9 rings (SSSR count). The SMILES string of the molecule is O=C(OCc1ccccc1)N1CCC2(CCN(c3ccc4c(c3)c(-c3ccc(F)cc3)nn4C(c3ccccc3)(c3ccccc3)c3ccccc3)C2=O)C1. The molecule has 1 unspecified atom stereocenters. The molecule has 2 amide bonds. The molecule has 8 heteroatoms. The van der Waals surface area contributed by atoms with Crippen molar-refractivity contribution in [3.05, 3.63) is 192 Å². The minimum Gasteiger partial charge on any atom is -0.445 e. The number of likely N-dealkylation sites (tertiary alicyclic amines) is 1. The van der Waals surface area contributed by atoms with Crippen LogP contribution < -0.4 is 4.90 Å².